The van der Waals surface area contributed by atoms with Crippen molar-refractivity contribution in [2.75, 3.05) is 0 Å². The minimum Gasteiger partial charge on any atom is -0.341 e. The van der Waals surface area contributed by atoms with Crippen molar-refractivity contribution in [3.63, 3.8) is 0 Å². The predicted octanol–water partition coefficient (Wildman–Crippen LogP) is 4.79. The number of nitrogens with zero attached hydrogens (tertiary/aromatic N) is 3. The molecule has 5 nitrogen and oxygen atoms in total. The Kier molecular flexibility index (Phi) is 4.94. The molecule has 1 N–H and O–H groups in total. The second-order valence-corrected chi connectivity index (χ2v) is 8.28. The Morgan fingerprint density at radius 3 is 2.97 bits per heavy atom. The van der Waals surface area contributed by atoms with Crippen molar-refractivity contribution in [2.24, 2.45) is 5.92 Å². The first-order valence-electron chi connectivity index (χ1n) is 9.25. The number of thiazole rings is 1. The summed E-state index contributed by atoms with van der Waals surface area (Å²) in [6.07, 6.45) is 5.16. The minimum atomic E-state index is -2.94. The minimum absolute atomic E-state index is 0.0740. The average molecular weight is 420 g/mol. The molecule has 4 rings (SSSR count). The highest BCUT2D eigenvalue weighted by molar-refractivity contribution is 7.15. The van der Waals surface area contributed by atoms with Crippen molar-refractivity contribution in [3.8, 4) is 11.3 Å². The number of rotatable bonds is 4. The zero-order valence-corrected chi connectivity index (χ0v) is 16.5. The van der Waals surface area contributed by atoms with Crippen LogP contribution in [0.5, 0.6) is 0 Å². The molecule has 0 radical (unpaired) electrons. The molecule has 9 heteroatoms. The fraction of sp³-hybridized carbons (Fsp3) is 0.350. The van der Waals surface area contributed by atoms with E-state index < -0.39 is 23.7 Å². The molecule has 0 aliphatic heterocycles. The molecule has 1 aliphatic rings. The number of hydrogen-bond acceptors (Lipinski definition) is 4. The zero-order valence-electron chi connectivity index (χ0n) is 15.7. The van der Waals surface area contributed by atoms with E-state index in [1.165, 1.54) is 23.0 Å². The van der Waals surface area contributed by atoms with Crippen molar-refractivity contribution in [3.05, 3.63) is 46.8 Å². The lowest BCUT2D eigenvalue weighted by atomic mass is 9.83. The van der Waals surface area contributed by atoms with Crippen molar-refractivity contribution in [1.82, 2.24) is 19.9 Å². The number of carbonyl (C=O) groups excluding carboxylic acids is 1. The Morgan fingerprint density at radius 1 is 1.45 bits per heavy atom. The fourth-order valence-corrected chi connectivity index (χ4v) is 4.58. The molecular formula is C20H19F3N4OS. The first-order valence-corrected chi connectivity index (χ1v) is 10.1. The van der Waals surface area contributed by atoms with E-state index >= 15 is 0 Å². The van der Waals surface area contributed by atoms with Crippen LogP contribution < -0.4 is 5.32 Å². The molecule has 1 unspecified atom stereocenters. The highest BCUT2D eigenvalue weighted by Crippen LogP contribution is 2.37. The molecule has 1 fully saturated rings. The summed E-state index contributed by atoms with van der Waals surface area (Å²) in [7, 11) is 0. The third-order valence-electron chi connectivity index (χ3n) is 5.25. The van der Waals surface area contributed by atoms with E-state index in [-0.39, 0.29) is 17.3 Å². The Balaban J connectivity index is 1.67. The molecule has 0 saturated heterocycles. The number of alkyl halides is 2. The third-order valence-corrected chi connectivity index (χ3v) is 6.30. The summed E-state index contributed by atoms with van der Waals surface area (Å²) in [5.74, 6) is -4.33. The van der Waals surface area contributed by atoms with Gasteiger partial charge in [-0.1, -0.05) is 13.5 Å². The normalized spacial score (nSPS) is 21.2. The molecule has 3 aromatic heterocycles. The molecular weight excluding hydrogens is 401 g/mol. The van der Waals surface area contributed by atoms with Gasteiger partial charge in [0.2, 0.25) is 0 Å². The van der Waals surface area contributed by atoms with Gasteiger partial charge in [-0.05, 0) is 37.0 Å². The Hall–Kier alpha value is -2.68. The van der Waals surface area contributed by atoms with Gasteiger partial charge in [-0.3, -0.25) is 4.79 Å². The molecule has 3 aromatic rings. The maximum absolute atomic E-state index is 14.3. The number of hydrogen-bond donors (Lipinski definition) is 1. The van der Waals surface area contributed by atoms with Gasteiger partial charge in [0.15, 0.2) is 5.01 Å². The molecule has 0 bridgehead atoms. The SMILES string of the molecule is C=Cc1sc(C(=O)NC2[C@@H](C)CCCC2(F)F)nc1-c1cnn2cc(F)ccc12. The lowest BCUT2D eigenvalue weighted by Crippen LogP contribution is -2.53. The largest absolute Gasteiger partial charge is 0.341 e. The van der Waals surface area contributed by atoms with Gasteiger partial charge in [0.1, 0.15) is 5.82 Å². The number of carbonyl (C=O) groups is 1. The van der Waals surface area contributed by atoms with Gasteiger partial charge in [-0.2, -0.15) is 5.10 Å². The van der Waals surface area contributed by atoms with Gasteiger partial charge < -0.3 is 5.32 Å². The quantitative estimate of drug-likeness (QED) is 0.660. The lowest BCUT2D eigenvalue weighted by molar-refractivity contribution is -0.0784. The van der Waals surface area contributed by atoms with E-state index in [0.717, 1.165) is 11.3 Å². The van der Waals surface area contributed by atoms with Crippen LogP contribution >= 0.6 is 11.3 Å². The smallest absolute Gasteiger partial charge is 0.280 e. The van der Waals surface area contributed by atoms with E-state index in [0.29, 0.717) is 34.5 Å². The third kappa shape index (κ3) is 3.55. The monoisotopic (exact) mass is 420 g/mol. The van der Waals surface area contributed by atoms with E-state index in [4.69, 9.17) is 0 Å². The average Bonchev–Trinajstić information content (AvgIpc) is 3.27. The zero-order chi connectivity index (χ0) is 20.8. The maximum Gasteiger partial charge on any atom is 0.280 e. The number of halogens is 3. The lowest BCUT2D eigenvalue weighted by Gasteiger charge is -2.36. The maximum atomic E-state index is 14.3. The highest BCUT2D eigenvalue weighted by Gasteiger charge is 2.46. The van der Waals surface area contributed by atoms with Crippen LogP contribution in [0.3, 0.4) is 0 Å². The summed E-state index contributed by atoms with van der Waals surface area (Å²) in [4.78, 5) is 17.7. The number of amides is 1. The van der Waals surface area contributed by atoms with Crippen LogP contribution in [0.4, 0.5) is 13.2 Å². The predicted molar refractivity (Wildman–Crippen MR) is 106 cm³/mol. The van der Waals surface area contributed by atoms with Crippen LogP contribution in [0, 0.1) is 11.7 Å². The first kappa shape index (κ1) is 19.6. The van der Waals surface area contributed by atoms with E-state index in [9.17, 15) is 18.0 Å². The van der Waals surface area contributed by atoms with Crippen molar-refractivity contribution in [1.29, 1.82) is 0 Å². The topological polar surface area (TPSA) is 59.3 Å². The summed E-state index contributed by atoms with van der Waals surface area (Å²) in [6.45, 7) is 5.47. The second kappa shape index (κ2) is 7.29. The van der Waals surface area contributed by atoms with E-state index in [2.05, 4.69) is 22.0 Å². The van der Waals surface area contributed by atoms with Crippen LogP contribution in [0.2, 0.25) is 0 Å². The number of aromatic nitrogens is 3. The summed E-state index contributed by atoms with van der Waals surface area (Å²) in [6, 6.07) is 1.65. The van der Waals surface area contributed by atoms with Gasteiger partial charge in [0.05, 0.1) is 34.5 Å². The highest BCUT2D eigenvalue weighted by atomic mass is 32.1. The Labute approximate surface area is 169 Å². The van der Waals surface area contributed by atoms with Gasteiger partial charge in [-0.25, -0.2) is 22.7 Å². The van der Waals surface area contributed by atoms with Crippen molar-refractivity contribution < 1.29 is 18.0 Å². The summed E-state index contributed by atoms with van der Waals surface area (Å²) >= 11 is 1.07. The first-order chi connectivity index (χ1) is 13.8. The standard InChI is InChI=1S/C20H19F3N4OS/c1-3-15-16(13-9-24-27-10-12(21)6-7-14(13)27)25-19(29-15)18(28)26-17-11(2)5-4-8-20(17,22)23/h3,6-7,9-11,17H,1,4-5,8H2,2H3,(H,26,28)/t11-,17?/m0/s1. The summed E-state index contributed by atoms with van der Waals surface area (Å²) in [5, 5.41) is 6.67. The molecule has 29 heavy (non-hydrogen) atoms. The van der Waals surface area contributed by atoms with Crippen LogP contribution in [-0.2, 0) is 0 Å². The Morgan fingerprint density at radius 2 is 2.24 bits per heavy atom. The molecule has 2 atom stereocenters. The van der Waals surface area contributed by atoms with Gasteiger partial charge >= 0.3 is 0 Å². The van der Waals surface area contributed by atoms with Crippen LogP contribution in [0.1, 0.15) is 40.9 Å². The van der Waals surface area contributed by atoms with Gasteiger partial charge in [0, 0.05) is 12.0 Å². The number of nitrogens with one attached hydrogen (secondary N) is 1. The van der Waals surface area contributed by atoms with Crippen LogP contribution in [0.15, 0.2) is 31.1 Å². The van der Waals surface area contributed by atoms with Crippen molar-refractivity contribution in [2.45, 2.75) is 38.2 Å². The van der Waals surface area contributed by atoms with Crippen molar-refractivity contribution >= 4 is 28.8 Å². The van der Waals surface area contributed by atoms with Gasteiger partial charge in [-0.15, -0.1) is 11.3 Å². The second-order valence-electron chi connectivity index (χ2n) is 7.25. The van der Waals surface area contributed by atoms with Gasteiger partial charge in [0.25, 0.3) is 11.8 Å². The molecule has 152 valence electrons. The molecule has 0 aromatic carbocycles. The van der Waals surface area contributed by atoms with Crippen LogP contribution in [0.25, 0.3) is 22.9 Å². The van der Waals surface area contributed by atoms with E-state index in [1.54, 1.807) is 19.1 Å². The Bertz CT molecular complexity index is 1090. The van der Waals surface area contributed by atoms with Crippen LogP contribution in [-0.4, -0.2) is 32.5 Å². The summed E-state index contributed by atoms with van der Waals surface area (Å²) in [5.41, 5.74) is 1.67. The number of pyridine rings is 1. The van der Waals surface area contributed by atoms with E-state index in [1.807, 2.05) is 0 Å². The molecule has 1 amide bonds. The molecule has 3 heterocycles. The fourth-order valence-electron chi connectivity index (χ4n) is 3.75. The molecule has 1 saturated carbocycles. The summed E-state index contributed by atoms with van der Waals surface area (Å²) < 4.78 is 43.4. The molecule has 0 spiro atoms. The number of fused-ring (bicyclic) bond motifs is 1. The molecule has 1 aliphatic carbocycles.